The first-order chi connectivity index (χ1) is 57.3. The summed E-state index contributed by atoms with van der Waals surface area (Å²) in [6, 6.07) is 52.6. The van der Waals surface area contributed by atoms with E-state index in [9.17, 15) is 105 Å². The predicted octanol–water partition coefficient (Wildman–Crippen LogP) is 19.6. The summed E-state index contributed by atoms with van der Waals surface area (Å²) in [5.41, 5.74) is -28.7. The Labute approximate surface area is 658 Å². The largest absolute Gasteiger partial charge is 0.207 e. The van der Waals surface area contributed by atoms with E-state index in [0.29, 0.717) is 0 Å². The van der Waals surface area contributed by atoms with Gasteiger partial charge in [0, 0.05) is 0 Å². The lowest BCUT2D eigenvalue weighted by Gasteiger charge is -2.44. The van der Waals surface area contributed by atoms with Gasteiger partial charge in [0.15, 0.2) is 169 Å². The monoisotopic (exact) mass is 1810 g/mol. The van der Waals surface area contributed by atoms with Gasteiger partial charge in [-0.1, -0.05) is 72.8 Å². The second kappa shape index (κ2) is 34.4. The fraction of sp³-hybridized carbons (Fsp3) is 0. The van der Waals surface area contributed by atoms with Crippen LogP contribution in [0.4, 0.5) is 176 Å². The van der Waals surface area contributed by atoms with E-state index in [0.717, 1.165) is 0 Å². The lowest BCUT2D eigenvalue weighted by Crippen LogP contribution is -2.81. The van der Waals surface area contributed by atoms with E-state index in [1.54, 1.807) is 0 Å². The van der Waals surface area contributed by atoms with E-state index in [1.165, 1.54) is 29.4 Å². The van der Waals surface area contributed by atoms with Crippen molar-refractivity contribution in [2.75, 3.05) is 0 Å². The quantitative estimate of drug-likeness (QED) is 0.0335. The smallest absolute Gasteiger partial charge is 0.200 e. The second-order valence-corrected chi connectivity index (χ2v) is 29.0. The molecular formula is C78H24B2F40S2. The normalized spacial score (nSPS) is 11.8. The van der Waals surface area contributed by atoms with Gasteiger partial charge in [-0.2, -0.15) is 0 Å². The maximum Gasteiger partial charge on any atom is 0.200 e. The van der Waals surface area contributed by atoms with Gasteiger partial charge < -0.3 is 0 Å². The van der Waals surface area contributed by atoms with Gasteiger partial charge in [-0.15, -0.1) is 43.7 Å². The first kappa shape index (κ1) is 90.6. The van der Waals surface area contributed by atoms with Crippen molar-refractivity contribution in [3.05, 3.63) is 378 Å². The Morgan fingerprint density at radius 1 is 0.107 bits per heavy atom. The van der Waals surface area contributed by atoms with Gasteiger partial charge in [0.2, 0.25) is 0 Å². The van der Waals surface area contributed by atoms with Crippen LogP contribution in [0, 0.1) is 233 Å². The highest BCUT2D eigenvalue weighted by molar-refractivity contribution is 7.97. The maximum atomic E-state index is 15.4. The number of hydrogen-bond acceptors (Lipinski definition) is 0. The van der Waals surface area contributed by atoms with Crippen LogP contribution in [0.3, 0.4) is 0 Å². The molecular weight excluding hydrogens is 1780 g/mol. The molecule has 0 nitrogen and oxygen atoms in total. The molecule has 0 aliphatic heterocycles. The topological polar surface area (TPSA) is 0 Å². The molecule has 122 heavy (non-hydrogen) atoms. The summed E-state index contributed by atoms with van der Waals surface area (Å²) in [5.74, 6) is -143. The van der Waals surface area contributed by atoms with Crippen molar-refractivity contribution in [3.8, 4) is 0 Å². The molecule has 0 radical (unpaired) electrons. The zero-order valence-electron chi connectivity index (χ0n) is 57.9. The molecule has 0 atom stereocenters. The zero-order valence-corrected chi connectivity index (χ0v) is 59.6. The fourth-order valence-electron chi connectivity index (χ4n) is 13.5. The van der Waals surface area contributed by atoms with E-state index in [2.05, 4.69) is 146 Å². The average molecular weight is 1810 g/mol. The Morgan fingerprint density at radius 2 is 0.189 bits per heavy atom. The summed E-state index contributed by atoms with van der Waals surface area (Å²) < 4.78 is 588. The van der Waals surface area contributed by atoms with Crippen LogP contribution in [0.1, 0.15) is 0 Å². The van der Waals surface area contributed by atoms with E-state index < -0.39 is 289 Å². The zero-order chi connectivity index (χ0) is 90.3. The van der Waals surface area contributed by atoms with Gasteiger partial charge in [-0.25, -0.2) is 176 Å². The SMILES string of the molecule is Fc1c(F)c(F)c([B-](c2c(F)c(F)c(F)c(F)c2F)(c2c(F)c(F)c(F)c(F)c2F)c2c(F)c(F)c(F)c(F)c2F)c(F)c1F.Fc1c(F)c(F)c([B-](c2c(F)c(F)c(F)c(F)c2F)(c2c(F)c(F)c(F)c(F)c2F)c2c(F)c(F)c(F)c(F)c2F)c(F)c1F.c1ccc([S+](c2ccccc2)c2ccc([S+](c3ccccc3)c3ccccc3)cc2)cc1. The van der Waals surface area contributed by atoms with Gasteiger partial charge in [0.25, 0.3) is 0 Å². The summed E-state index contributed by atoms with van der Waals surface area (Å²) in [4.78, 5) is 8.06. The molecule has 0 bridgehead atoms. The highest BCUT2D eigenvalue weighted by Crippen LogP contribution is 2.39. The third-order valence-electron chi connectivity index (χ3n) is 18.6. The number of rotatable bonds is 14. The van der Waals surface area contributed by atoms with E-state index in [1.807, 2.05) is 0 Å². The second-order valence-electron chi connectivity index (χ2n) is 24.9. The lowest BCUT2D eigenvalue weighted by molar-refractivity contribution is 0.377. The predicted molar refractivity (Wildman–Crippen MR) is 355 cm³/mol. The van der Waals surface area contributed by atoms with Gasteiger partial charge in [-0.3, -0.25) is 0 Å². The summed E-state index contributed by atoms with van der Waals surface area (Å²) in [6.45, 7) is 0. The Hall–Kier alpha value is -12.1. The number of halogens is 40. The van der Waals surface area contributed by atoms with Crippen LogP contribution in [0.5, 0.6) is 0 Å². The van der Waals surface area contributed by atoms with Crippen LogP contribution in [0.25, 0.3) is 0 Å². The van der Waals surface area contributed by atoms with Crippen molar-refractivity contribution in [1.82, 2.24) is 0 Å². The third-order valence-corrected chi connectivity index (χ3v) is 23.1. The number of benzene rings is 13. The average Bonchev–Trinajstić information content (AvgIpc) is 0.684. The molecule has 13 rings (SSSR count). The fourth-order valence-corrected chi connectivity index (χ4v) is 17.7. The Balaban J connectivity index is 0.000000181. The molecule has 0 heterocycles. The molecule has 0 aliphatic carbocycles. The molecule has 634 valence electrons. The Bertz CT molecular complexity index is 5150. The standard InChI is InChI=1S/C30H24S2.2C24BF20/c1-5-13-25(14-6-1)31(26-15-7-2-8-16-26)29-21-23-30(24-22-29)32(27-17-9-3-10-18-27)28-19-11-4-12-20-28;2*26-5-1(6(27)14(35)21(42)13(5)34)25(2-7(28)15(36)22(43)16(37)8(2)29,3-9(30)17(38)23(44)18(39)10(3)31)4-11(32)19(40)24(45)20(41)12(4)33/h1-24H;;/q+2;2*-1. The lowest BCUT2D eigenvalue weighted by atomic mass is 9.12. The van der Waals surface area contributed by atoms with Crippen molar-refractivity contribution in [3.63, 3.8) is 0 Å². The molecule has 0 saturated carbocycles. The minimum absolute atomic E-state index is 0.122. The molecule has 0 fully saturated rings. The van der Waals surface area contributed by atoms with Crippen LogP contribution in [0.15, 0.2) is 175 Å². The van der Waals surface area contributed by atoms with Crippen molar-refractivity contribution in [2.24, 2.45) is 0 Å². The molecule has 0 aromatic heterocycles. The molecule has 0 unspecified atom stereocenters. The molecule has 0 spiro atoms. The van der Waals surface area contributed by atoms with Crippen LogP contribution >= 0.6 is 0 Å². The first-order valence-electron chi connectivity index (χ1n) is 32.6. The summed E-state index contributed by atoms with van der Waals surface area (Å²) in [5, 5.41) is 0. The summed E-state index contributed by atoms with van der Waals surface area (Å²) in [6.07, 6.45) is -14.4. The Kier molecular flexibility index (Phi) is 25.6. The molecule has 0 N–H and O–H groups in total. The van der Waals surface area contributed by atoms with Gasteiger partial charge in [-0.05, 0) is 72.8 Å². The molecule has 44 heteroatoms. The van der Waals surface area contributed by atoms with Crippen molar-refractivity contribution < 1.29 is 176 Å². The number of hydrogen-bond donors (Lipinski definition) is 0. The van der Waals surface area contributed by atoms with Gasteiger partial charge >= 0.3 is 0 Å². The minimum Gasteiger partial charge on any atom is -0.207 e. The minimum atomic E-state index is -7.22. The summed E-state index contributed by atoms with van der Waals surface area (Å²) in [7, 11) is -0.244. The van der Waals surface area contributed by atoms with Gasteiger partial charge in [0.05, 0.1) is 21.8 Å². The maximum absolute atomic E-state index is 15.4. The first-order valence-corrected chi connectivity index (χ1v) is 35.0. The van der Waals surface area contributed by atoms with Crippen LogP contribution in [0.2, 0.25) is 0 Å². The third kappa shape index (κ3) is 14.3. The molecule has 13 aromatic carbocycles. The van der Waals surface area contributed by atoms with E-state index in [-0.39, 0.29) is 21.8 Å². The highest BCUT2D eigenvalue weighted by atomic mass is 32.2. The van der Waals surface area contributed by atoms with E-state index >= 15 is 70.2 Å². The van der Waals surface area contributed by atoms with Crippen molar-refractivity contribution in [1.29, 1.82) is 0 Å². The van der Waals surface area contributed by atoms with Crippen LogP contribution in [-0.2, 0) is 21.8 Å². The molecule has 13 aromatic rings. The van der Waals surface area contributed by atoms with Crippen molar-refractivity contribution in [2.45, 2.75) is 29.4 Å². The molecule has 0 saturated heterocycles. The van der Waals surface area contributed by atoms with E-state index in [4.69, 9.17) is 0 Å². The van der Waals surface area contributed by atoms with Crippen molar-refractivity contribution >= 4 is 77.8 Å². The van der Waals surface area contributed by atoms with Crippen LogP contribution in [-0.4, -0.2) is 12.3 Å². The molecule has 0 aliphatic rings. The van der Waals surface area contributed by atoms with Crippen LogP contribution < -0.4 is 43.7 Å². The van der Waals surface area contributed by atoms with Gasteiger partial charge in [0.1, 0.15) is 105 Å². The summed E-state index contributed by atoms with van der Waals surface area (Å²) >= 11 is 0. The highest BCUT2D eigenvalue weighted by Gasteiger charge is 2.55. The Morgan fingerprint density at radius 3 is 0.287 bits per heavy atom. The molecule has 0 amide bonds.